The number of para-hydroxylation sites is 1. The van der Waals surface area contributed by atoms with Gasteiger partial charge in [0.2, 0.25) is 0 Å². The lowest BCUT2D eigenvalue weighted by molar-refractivity contribution is 0.306. The molecule has 3 rings (SSSR count). The summed E-state index contributed by atoms with van der Waals surface area (Å²) in [6.07, 6.45) is 4.14. The Kier molecular flexibility index (Phi) is 8.65. The maximum Gasteiger partial charge on any atom is 0.264 e. The normalized spacial score (nSPS) is 11.8. The van der Waals surface area contributed by atoms with Gasteiger partial charge >= 0.3 is 0 Å². The van der Waals surface area contributed by atoms with Crippen LogP contribution in [-0.2, 0) is 16.6 Å². The van der Waals surface area contributed by atoms with E-state index < -0.39 is 10.0 Å². The maximum atomic E-state index is 13.4. The van der Waals surface area contributed by atoms with Gasteiger partial charge in [0.05, 0.1) is 30.8 Å². The van der Waals surface area contributed by atoms with Crippen LogP contribution >= 0.6 is 0 Å². The van der Waals surface area contributed by atoms with Crippen LogP contribution in [0.2, 0.25) is 0 Å². The van der Waals surface area contributed by atoms with Gasteiger partial charge in [-0.2, -0.15) is 0 Å². The molecule has 6 nitrogen and oxygen atoms in total. The van der Waals surface area contributed by atoms with E-state index in [1.165, 1.54) is 23.5 Å². The molecule has 0 aromatic heterocycles. The van der Waals surface area contributed by atoms with Crippen molar-refractivity contribution in [3.8, 4) is 5.75 Å². The Labute approximate surface area is 196 Å². The van der Waals surface area contributed by atoms with Gasteiger partial charge in [-0.1, -0.05) is 60.7 Å². The number of sulfonamides is 1. The highest BCUT2D eigenvalue weighted by Crippen LogP contribution is 2.28. The number of aliphatic hydroxyl groups excluding tert-OH is 1. The van der Waals surface area contributed by atoms with Crippen molar-refractivity contribution in [1.82, 2.24) is 4.90 Å². The Balaban J connectivity index is 1.82. The van der Waals surface area contributed by atoms with Crippen molar-refractivity contribution in [2.24, 2.45) is 0 Å². The fraction of sp³-hybridized carbons (Fsp3) is 0.231. The minimum Gasteiger partial charge on any atom is -0.497 e. The summed E-state index contributed by atoms with van der Waals surface area (Å²) < 4.78 is 33.3. The van der Waals surface area contributed by atoms with Crippen LogP contribution < -0.4 is 9.04 Å². The molecule has 0 aliphatic rings. The van der Waals surface area contributed by atoms with Gasteiger partial charge in [-0.15, -0.1) is 0 Å². The summed E-state index contributed by atoms with van der Waals surface area (Å²) in [5, 5.41) is 9.64. The fourth-order valence-electron chi connectivity index (χ4n) is 3.51. The lowest BCUT2D eigenvalue weighted by Crippen LogP contribution is -2.35. The van der Waals surface area contributed by atoms with Crippen LogP contribution in [0.1, 0.15) is 11.1 Å². The van der Waals surface area contributed by atoms with Crippen molar-refractivity contribution in [3.63, 3.8) is 0 Å². The highest BCUT2D eigenvalue weighted by Gasteiger charge is 2.26. The Morgan fingerprint density at radius 3 is 2.27 bits per heavy atom. The second-order valence-corrected chi connectivity index (χ2v) is 9.48. The van der Waals surface area contributed by atoms with Crippen LogP contribution in [0.5, 0.6) is 5.75 Å². The number of methoxy groups -OCH3 is 1. The first-order chi connectivity index (χ1) is 16.0. The summed E-state index contributed by atoms with van der Waals surface area (Å²) in [7, 11) is -0.350. The van der Waals surface area contributed by atoms with E-state index in [9.17, 15) is 13.5 Å². The van der Waals surface area contributed by atoms with Crippen LogP contribution in [0.25, 0.3) is 6.08 Å². The van der Waals surface area contributed by atoms with Gasteiger partial charge in [-0.3, -0.25) is 9.21 Å². The first-order valence-corrected chi connectivity index (χ1v) is 12.2. The molecule has 3 aromatic rings. The van der Waals surface area contributed by atoms with Crippen molar-refractivity contribution in [2.75, 3.05) is 38.2 Å². The third-order valence-corrected chi connectivity index (χ3v) is 7.01. The third-order valence-electron chi connectivity index (χ3n) is 5.18. The van der Waals surface area contributed by atoms with Crippen LogP contribution in [0.15, 0.2) is 89.8 Å². The molecule has 1 N–H and O–H groups in total. The minimum atomic E-state index is -3.87. The van der Waals surface area contributed by atoms with Gasteiger partial charge in [0, 0.05) is 13.1 Å². The lowest BCUT2D eigenvalue weighted by atomic mass is 10.1. The molecule has 0 saturated heterocycles. The molecule has 7 heteroatoms. The van der Waals surface area contributed by atoms with E-state index in [-0.39, 0.29) is 18.0 Å². The predicted octanol–water partition coefficient (Wildman–Crippen LogP) is 4.03. The molecule has 0 aliphatic heterocycles. The number of nitrogens with zero attached hydrogens (tertiary/aromatic N) is 2. The van der Waals surface area contributed by atoms with Gasteiger partial charge in [0.15, 0.2) is 0 Å². The molecule has 0 atom stereocenters. The molecule has 0 radical (unpaired) electrons. The minimum absolute atomic E-state index is 0.0387. The largest absolute Gasteiger partial charge is 0.497 e. The van der Waals surface area contributed by atoms with E-state index >= 15 is 0 Å². The summed E-state index contributed by atoms with van der Waals surface area (Å²) >= 11 is 0. The summed E-state index contributed by atoms with van der Waals surface area (Å²) in [6.45, 7) is 0.923. The lowest BCUT2D eigenvalue weighted by Gasteiger charge is -2.27. The van der Waals surface area contributed by atoms with Gasteiger partial charge in [-0.25, -0.2) is 8.42 Å². The monoisotopic (exact) mass is 466 g/mol. The zero-order valence-corrected chi connectivity index (χ0v) is 19.8. The number of hydrogen-bond acceptors (Lipinski definition) is 5. The SMILES string of the molecule is COc1ccc(S(=O)(=O)N(CCO)c2ccccc2CN(C)C/C=C/c2ccccc2)cc1. The molecular formula is C26H30N2O4S. The number of ether oxygens (including phenoxy) is 1. The van der Waals surface area contributed by atoms with E-state index in [1.54, 1.807) is 18.2 Å². The molecule has 0 heterocycles. The molecule has 0 unspecified atom stereocenters. The van der Waals surface area contributed by atoms with E-state index in [0.29, 0.717) is 24.5 Å². The Morgan fingerprint density at radius 2 is 1.61 bits per heavy atom. The number of benzene rings is 3. The summed E-state index contributed by atoms with van der Waals surface area (Å²) in [5.41, 5.74) is 2.55. The maximum absolute atomic E-state index is 13.4. The highest BCUT2D eigenvalue weighted by molar-refractivity contribution is 7.92. The summed E-state index contributed by atoms with van der Waals surface area (Å²) in [4.78, 5) is 2.25. The fourth-order valence-corrected chi connectivity index (χ4v) is 5.01. The molecule has 174 valence electrons. The molecule has 33 heavy (non-hydrogen) atoms. The zero-order valence-electron chi connectivity index (χ0n) is 19.0. The number of rotatable bonds is 11. The first-order valence-electron chi connectivity index (χ1n) is 10.7. The van der Waals surface area contributed by atoms with Crippen molar-refractivity contribution >= 4 is 21.8 Å². The van der Waals surface area contributed by atoms with Gasteiger partial charge in [0.25, 0.3) is 10.0 Å². The number of likely N-dealkylation sites (N-methyl/N-ethyl adjacent to an activating group) is 1. The Morgan fingerprint density at radius 1 is 0.939 bits per heavy atom. The zero-order chi connectivity index (χ0) is 23.7. The molecule has 0 fully saturated rings. The third kappa shape index (κ3) is 6.44. The van der Waals surface area contributed by atoms with Crippen LogP contribution in [-0.4, -0.2) is 52.3 Å². The van der Waals surface area contributed by atoms with Crippen molar-refractivity contribution in [1.29, 1.82) is 0 Å². The average molecular weight is 467 g/mol. The van der Waals surface area contributed by atoms with Crippen LogP contribution in [0.4, 0.5) is 5.69 Å². The topological polar surface area (TPSA) is 70.1 Å². The molecule has 0 spiro atoms. The molecule has 0 bridgehead atoms. The van der Waals surface area contributed by atoms with Crippen molar-refractivity contribution in [2.45, 2.75) is 11.4 Å². The molecular weight excluding hydrogens is 436 g/mol. The number of hydrogen-bond donors (Lipinski definition) is 1. The quantitative estimate of drug-likeness (QED) is 0.462. The first kappa shape index (κ1) is 24.5. The average Bonchev–Trinajstić information content (AvgIpc) is 2.83. The Bertz CT molecular complexity index is 1150. The summed E-state index contributed by atoms with van der Waals surface area (Å²) in [6, 6.07) is 23.7. The van der Waals surface area contributed by atoms with Gasteiger partial charge < -0.3 is 9.84 Å². The second-order valence-electron chi connectivity index (χ2n) is 7.61. The predicted molar refractivity (Wildman–Crippen MR) is 133 cm³/mol. The van der Waals surface area contributed by atoms with Gasteiger partial charge in [0.1, 0.15) is 5.75 Å². The van der Waals surface area contributed by atoms with E-state index in [2.05, 4.69) is 17.1 Å². The Hall–Kier alpha value is -3.13. The highest BCUT2D eigenvalue weighted by atomic mass is 32.2. The number of anilines is 1. The molecule has 0 amide bonds. The number of aliphatic hydroxyl groups is 1. The van der Waals surface area contributed by atoms with Crippen molar-refractivity contribution in [3.05, 3.63) is 96.1 Å². The second kappa shape index (κ2) is 11.7. The molecule has 3 aromatic carbocycles. The van der Waals surface area contributed by atoms with Crippen molar-refractivity contribution < 1.29 is 18.3 Å². The van der Waals surface area contributed by atoms with E-state index in [4.69, 9.17) is 4.74 Å². The van der Waals surface area contributed by atoms with Crippen LogP contribution in [0, 0.1) is 0 Å². The molecule has 0 aliphatic carbocycles. The van der Waals surface area contributed by atoms with Crippen LogP contribution in [0.3, 0.4) is 0 Å². The summed E-state index contributed by atoms with van der Waals surface area (Å²) in [5.74, 6) is 0.577. The smallest absolute Gasteiger partial charge is 0.264 e. The standard InChI is InChI=1S/C26H30N2O4S/c1-27(18-8-11-22-9-4-3-5-10-22)21-23-12-6-7-13-26(23)28(19-20-29)33(30,31)25-16-14-24(32-2)15-17-25/h3-17,29H,18-21H2,1-2H3/b11-8+. The molecule has 0 saturated carbocycles. The van der Waals surface area contributed by atoms with E-state index in [0.717, 1.165) is 11.1 Å². The van der Waals surface area contributed by atoms with E-state index in [1.807, 2.05) is 55.6 Å². The van der Waals surface area contributed by atoms with Gasteiger partial charge in [-0.05, 0) is 48.5 Å².